The predicted molar refractivity (Wildman–Crippen MR) is 86.8 cm³/mol. The molecule has 22 heavy (non-hydrogen) atoms. The van der Waals surface area contributed by atoms with Gasteiger partial charge in [0.05, 0.1) is 5.75 Å². The molecule has 0 aliphatic rings. The Morgan fingerprint density at radius 1 is 1.09 bits per heavy atom. The van der Waals surface area contributed by atoms with Crippen molar-refractivity contribution < 1.29 is 21.7 Å². The van der Waals surface area contributed by atoms with E-state index in [1.807, 2.05) is 27.7 Å². The SMILES string of the molecule is CCCCC(CS(=O)(=O)N=[N+]=[N-])[Si](OCC)(OCC)OCC. The van der Waals surface area contributed by atoms with E-state index in [4.69, 9.17) is 18.8 Å². The monoisotopic (exact) mass is 353 g/mol. The number of nitrogens with zero attached hydrogens (tertiary/aromatic N) is 3. The molecule has 0 bridgehead atoms. The molecule has 0 aliphatic heterocycles. The summed E-state index contributed by atoms with van der Waals surface area (Å²) in [6.45, 7) is 8.59. The third kappa shape index (κ3) is 7.08. The van der Waals surface area contributed by atoms with Crippen LogP contribution in [0.15, 0.2) is 4.52 Å². The Morgan fingerprint density at radius 3 is 1.95 bits per heavy atom. The maximum absolute atomic E-state index is 11.9. The molecule has 0 saturated heterocycles. The maximum atomic E-state index is 11.9. The average molecular weight is 354 g/mol. The summed E-state index contributed by atoms with van der Waals surface area (Å²) in [6, 6.07) is 0. The van der Waals surface area contributed by atoms with Crippen molar-refractivity contribution in [3.8, 4) is 0 Å². The fraction of sp³-hybridized carbons (Fsp3) is 1.00. The molecule has 1 unspecified atom stereocenters. The molecule has 130 valence electrons. The molecule has 0 fully saturated rings. The number of azide groups is 1. The van der Waals surface area contributed by atoms with Crippen LogP contribution in [0.3, 0.4) is 0 Å². The zero-order valence-corrected chi connectivity index (χ0v) is 15.6. The number of rotatable bonds is 13. The van der Waals surface area contributed by atoms with Crippen LogP contribution in [0.5, 0.6) is 0 Å². The van der Waals surface area contributed by atoms with Gasteiger partial charge >= 0.3 is 8.80 Å². The summed E-state index contributed by atoms with van der Waals surface area (Å²) in [7, 11) is -7.06. The van der Waals surface area contributed by atoms with Gasteiger partial charge in [-0.05, 0) is 32.7 Å². The quantitative estimate of drug-likeness (QED) is 0.218. The minimum absolute atomic E-state index is 0.316. The van der Waals surface area contributed by atoms with Crippen LogP contribution in [-0.4, -0.2) is 42.8 Å². The van der Waals surface area contributed by atoms with Crippen molar-refractivity contribution in [2.45, 2.75) is 52.5 Å². The third-order valence-electron chi connectivity index (χ3n) is 3.02. The molecular formula is C12H27N3O5SSi. The van der Waals surface area contributed by atoms with Crippen LogP contribution in [-0.2, 0) is 23.3 Å². The average Bonchev–Trinajstić information content (AvgIpc) is 2.44. The van der Waals surface area contributed by atoms with Gasteiger partial charge in [0.2, 0.25) is 10.0 Å². The zero-order valence-electron chi connectivity index (χ0n) is 13.8. The molecule has 10 heteroatoms. The summed E-state index contributed by atoms with van der Waals surface area (Å²) in [5, 5.41) is 0. The first-order valence-corrected chi connectivity index (χ1v) is 11.0. The summed E-state index contributed by atoms with van der Waals surface area (Å²) >= 11 is 0. The molecule has 0 rings (SSSR count). The zero-order chi connectivity index (χ0) is 17.1. The fourth-order valence-corrected chi connectivity index (χ4v) is 7.26. The van der Waals surface area contributed by atoms with Gasteiger partial charge in [-0.3, -0.25) is 0 Å². The lowest BCUT2D eigenvalue weighted by Crippen LogP contribution is -2.52. The Labute approximate surface area is 134 Å². The summed E-state index contributed by atoms with van der Waals surface area (Å²) in [5.41, 5.74) is 7.96. The van der Waals surface area contributed by atoms with E-state index >= 15 is 0 Å². The van der Waals surface area contributed by atoms with Gasteiger partial charge in [-0.15, -0.1) is 0 Å². The molecule has 0 heterocycles. The summed E-state index contributed by atoms with van der Waals surface area (Å²) in [4.78, 5) is 2.39. The predicted octanol–water partition coefficient (Wildman–Crippen LogP) is 3.24. The Hall–Kier alpha value is -0.643. The van der Waals surface area contributed by atoms with Crippen molar-refractivity contribution in [2.24, 2.45) is 4.52 Å². The van der Waals surface area contributed by atoms with Gasteiger partial charge in [0.25, 0.3) is 0 Å². The van der Waals surface area contributed by atoms with E-state index in [1.165, 1.54) is 0 Å². The molecule has 8 nitrogen and oxygen atoms in total. The second kappa shape index (κ2) is 11.0. The largest absolute Gasteiger partial charge is 0.505 e. The lowest BCUT2D eigenvalue weighted by Gasteiger charge is -2.34. The maximum Gasteiger partial charge on any atom is 0.505 e. The fourth-order valence-electron chi connectivity index (χ4n) is 2.24. The van der Waals surface area contributed by atoms with Gasteiger partial charge in [0.1, 0.15) is 0 Å². The van der Waals surface area contributed by atoms with Crippen molar-refractivity contribution in [1.29, 1.82) is 0 Å². The van der Waals surface area contributed by atoms with Crippen LogP contribution < -0.4 is 0 Å². The second-order valence-corrected chi connectivity index (χ2v) is 9.21. The van der Waals surface area contributed by atoms with Crippen molar-refractivity contribution >= 4 is 18.8 Å². The molecule has 0 amide bonds. The van der Waals surface area contributed by atoms with Gasteiger partial charge in [0, 0.05) is 34.8 Å². The van der Waals surface area contributed by atoms with Crippen molar-refractivity contribution in [3.63, 3.8) is 0 Å². The van der Waals surface area contributed by atoms with Gasteiger partial charge in [-0.2, -0.15) is 0 Å². The van der Waals surface area contributed by atoms with Gasteiger partial charge in [-0.25, -0.2) is 8.42 Å². The molecular weight excluding hydrogens is 326 g/mol. The summed E-state index contributed by atoms with van der Waals surface area (Å²) in [5.74, 6) is -0.316. The molecule has 0 radical (unpaired) electrons. The van der Waals surface area contributed by atoms with Gasteiger partial charge in [0.15, 0.2) is 0 Å². The molecule has 0 N–H and O–H groups in total. The Morgan fingerprint density at radius 2 is 1.59 bits per heavy atom. The van der Waals surface area contributed by atoms with E-state index in [-0.39, 0.29) is 5.75 Å². The molecule has 0 aromatic carbocycles. The van der Waals surface area contributed by atoms with E-state index in [2.05, 4.69) is 9.43 Å². The van der Waals surface area contributed by atoms with Crippen LogP contribution in [0, 0.1) is 0 Å². The lowest BCUT2D eigenvalue weighted by molar-refractivity contribution is 0.0616. The van der Waals surface area contributed by atoms with E-state index in [0.29, 0.717) is 26.2 Å². The minimum Gasteiger partial charge on any atom is -0.374 e. The van der Waals surface area contributed by atoms with Crippen LogP contribution in [0.25, 0.3) is 10.4 Å². The highest BCUT2D eigenvalue weighted by Crippen LogP contribution is 2.33. The topological polar surface area (TPSA) is 111 Å². The number of sulfonamides is 1. The van der Waals surface area contributed by atoms with E-state index < -0.39 is 24.4 Å². The van der Waals surface area contributed by atoms with Crippen molar-refractivity contribution in [2.75, 3.05) is 25.6 Å². The Balaban J connectivity index is 5.56. The third-order valence-corrected chi connectivity index (χ3v) is 8.02. The lowest BCUT2D eigenvalue weighted by atomic mass is 10.2. The van der Waals surface area contributed by atoms with Crippen LogP contribution in [0.1, 0.15) is 47.0 Å². The highest BCUT2D eigenvalue weighted by atomic mass is 32.2. The summed E-state index contributed by atoms with van der Waals surface area (Å²) in [6.07, 6.45) is 2.31. The highest BCUT2D eigenvalue weighted by molar-refractivity contribution is 7.90. The second-order valence-electron chi connectivity index (χ2n) is 4.66. The number of hydrogen-bond acceptors (Lipinski definition) is 5. The smallest absolute Gasteiger partial charge is 0.374 e. The summed E-state index contributed by atoms with van der Waals surface area (Å²) < 4.78 is 44.1. The molecule has 0 aliphatic carbocycles. The normalized spacial score (nSPS) is 13.6. The number of unbranched alkanes of at least 4 members (excludes halogenated alkanes) is 1. The van der Waals surface area contributed by atoms with Crippen molar-refractivity contribution in [3.05, 3.63) is 10.4 Å². The molecule has 0 saturated carbocycles. The first-order chi connectivity index (χ1) is 10.4. The molecule has 0 aromatic heterocycles. The van der Waals surface area contributed by atoms with Crippen LogP contribution in [0.4, 0.5) is 0 Å². The van der Waals surface area contributed by atoms with E-state index in [9.17, 15) is 8.42 Å². The Kier molecular flexibility index (Phi) is 10.7. The first kappa shape index (κ1) is 21.4. The molecule has 1 atom stereocenters. The van der Waals surface area contributed by atoms with Crippen LogP contribution >= 0.6 is 0 Å². The minimum atomic E-state index is -3.90. The van der Waals surface area contributed by atoms with E-state index in [1.54, 1.807) is 0 Å². The van der Waals surface area contributed by atoms with Gasteiger partial charge in [-0.1, -0.05) is 19.8 Å². The Bertz CT molecular complexity index is 437. The number of hydrogen-bond donors (Lipinski definition) is 0. The van der Waals surface area contributed by atoms with Crippen molar-refractivity contribution in [1.82, 2.24) is 0 Å². The first-order valence-electron chi connectivity index (χ1n) is 7.62. The molecule has 0 spiro atoms. The van der Waals surface area contributed by atoms with Gasteiger partial charge < -0.3 is 13.3 Å². The van der Waals surface area contributed by atoms with E-state index in [0.717, 1.165) is 12.8 Å². The van der Waals surface area contributed by atoms with Crippen LogP contribution in [0.2, 0.25) is 5.54 Å². The standard InChI is InChI=1S/C12H27N3O5SSi/c1-5-9-10-12(11-21(16,17)15-14-13)22(18-6-2,19-7-3)20-8-4/h12H,5-11H2,1-4H3. The highest BCUT2D eigenvalue weighted by Gasteiger charge is 2.50. The molecule has 0 aromatic rings.